The van der Waals surface area contributed by atoms with E-state index in [-0.39, 0.29) is 16.3 Å². The zero-order valence-electron chi connectivity index (χ0n) is 9.90. The van der Waals surface area contributed by atoms with Crippen molar-refractivity contribution in [3.05, 3.63) is 34.5 Å². The van der Waals surface area contributed by atoms with Gasteiger partial charge in [0.05, 0.1) is 11.4 Å². The maximum Gasteiger partial charge on any atom is 0.345 e. The van der Waals surface area contributed by atoms with Crippen molar-refractivity contribution in [1.82, 2.24) is 14.3 Å². The van der Waals surface area contributed by atoms with Crippen LogP contribution < -0.4 is 4.72 Å². The summed E-state index contributed by atoms with van der Waals surface area (Å²) in [6, 6.07) is 1.13. The number of nitrogens with zero attached hydrogens (tertiary/aromatic N) is 2. The first-order valence-corrected chi connectivity index (χ1v) is 7.54. The molecule has 2 rings (SSSR count). The van der Waals surface area contributed by atoms with Crippen LogP contribution in [0.5, 0.6) is 0 Å². The second-order valence-electron chi connectivity index (χ2n) is 3.73. The summed E-state index contributed by atoms with van der Waals surface area (Å²) in [6.45, 7) is 0.0457. The molecule has 2 heterocycles. The number of carboxylic acids is 1. The minimum Gasteiger partial charge on any atom is -0.477 e. The number of hydrogen-bond donors (Lipinski definition) is 2. The van der Waals surface area contributed by atoms with Crippen molar-refractivity contribution in [2.45, 2.75) is 11.4 Å². The molecule has 9 heteroatoms. The van der Waals surface area contributed by atoms with Crippen LogP contribution in [0.3, 0.4) is 0 Å². The summed E-state index contributed by atoms with van der Waals surface area (Å²) in [5, 5.41) is 10.1. The van der Waals surface area contributed by atoms with Gasteiger partial charge in [-0.3, -0.25) is 0 Å². The minimum absolute atomic E-state index is 0.0163. The van der Waals surface area contributed by atoms with E-state index < -0.39 is 16.0 Å². The van der Waals surface area contributed by atoms with E-state index in [1.165, 1.54) is 5.38 Å². The van der Waals surface area contributed by atoms with Crippen LogP contribution in [0.2, 0.25) is 0 Å². The molecule has 0 bridgehead atoms. The fraction of sp³-hybridized carbons (Fsp3) is 0.200. The molecule has 19 heavy (non-hydrogen) atoms. The van der Waals surface area contributed by atoms with Gasteiger partial charge in [0, 0.05) is 24.8 Å². The van der Waals surface area contributed by atoms with Crippen molar-refractivity contribution in [2.24, 2.45) is 7.05 Å². The molecule has 7 nitrogen and oxygen atoms in total. The minimum atomic E-state index is -3.72. The molecule has 0 saturated carbocycles. The lowest BCUT2D eigenvalue weighted by atomic mass is 10.5. The van der Waals surface area contributed by atoms with Gasteiger partial charge >= 0.3 is 5.97 Å². The van der Waals surface area contributed by atoms with Crippen LogP contribution in [0.1, 0.15) is 15.5 Å². The van der Waals surface area contributed by atoms with E-state index in [0.29, 0.717) is 5.82 Å². The fourth-order valence-electron chi connectivity index (χ4n) is 1.38. The summed E-state index contributed by atoms with van der Waals surface area (Å²) in [7, 11) is -1.97. The molecule has 0 unspecified atom stereocenters. The van der Waals surface area contributed by atoms with Crippen LogP contribution in [-0.4, -0.2) is 29.0 Å². The number of hydrogen-bond acceptors (Lipinski definition) is 5. The lowest BCUT2D eigenvalue weighted by Gasteiger charge is -2.04. The number of aryl methyl sites for hydroxylation is 1. The Morgan fingerprint density at radius 3 is 2.84 bits per heavy atom. The number of carbonyl (C=O) groups is 1. The molecule has 0 aromatic carbocycles. The van der Waals surface area contributed by atoms with Crippen molar-refractivity contribution in [1.29, 1.82) is 0 Å². The molecular formula is C10H11N3O4S2. The Hall–Kier alpha value is -1.71. The lowest BCUT2D eigenvalue weighted by molar-refractivity contribution is 0.0702. The topological polar surface area (TPSA) is 101 Å². The molecule has 0 atom stereocenters. The quantitative estimate of drug-likeness (QED) is 0.844. The third-order valence-corrected chi connectivity index (χ3v) is 4.89. The van der Waals surface area contributed by atoms with Gasteiger partial charge in [-0.1, -0.05) is 0 Å². The van der Waals surface area contributed by atoms with Crippen LogP contribution in [0, 0.1) is 0 Å². The van der Waals surface area contributed by atoms with E-state index in [9.17, 15) is 13.2 Å². The van der Waals surface area contributed by atoms with Crippen LogP contribution in [0.4, 0.5) is 0 Å². The van der Waals surface area contributed by atoms with Crippen molar-refractivity contribution < 1.29 is 18.3 Å². The highest BCUT2D eigenvalue weighted by Gasteiger charge is 2.18. The number of carboxylic acid groups (broad SMARTS) is 1. The number of aromatic nitrogens is 2. The first-order chi connectivity index (χ1) is 8.90. The number of rotatable bonds is 5. The summed E-state index contributed by atoms with van der Waals surface area (Å²) in [4.78, 5) is 14.6. The second-order valence-corrected chi connectivity index (χ2v) is 6.41. The first-order valence-electron chi connectivity index (χ1n) is 5.18. The fourth-order valence-corrected chi connectivity index (χ4v) is 3.47. The molecule has 0 saturated heterocycles. The number of nitrogens with one attached hydrogen (secondary N) is 1. The van der Waals surface area contributed by atoms with Crippen molar-refractivity contribution in [2.75, 3.05) is 0 Å². The molecule has 0 amide bonds. The van der Waals surface area contributed by atoms with Gasteiger partial charge in [0.2, 0.25) is 10.0 Å². The third-order valence-electron chi connectivity index (χ3n) is 2.44. The normalized spacial score (nSPS) is 11.6. The number of aromatic carboxylic acids is 1. The Kier molecular flexibility index (Phi) is 3.69. The highest BCUT2D eigenvalue weighted by atomic mass is 32.2. The first kappa shape index (κ1) is 13.7. The Balaban J connectivity index is 2.14. The van der Waals surface area contributed by atoms with Crippen molar-refractivity contribution in [3.63, 3.8) is 0 Å². The second kappa shape index (κ2) is 5.11. The van der Waals surface area contributed by atoms with E-state index in [4.69, 9.17) is 5.11 Å². The molecule has 0 fully saturated rings. The number of imidazole rings is 1. The Morgan fingerprint density at radius 2 is 2.32 bits per heavy atom. The van der Waals surface area contributed by atoms with E-state index in [1.54, 1.807) is 24.0 Å². The van der Waals surface area contributed by atoms with Crippen LogP contribution >= 0.6 is 11.3 Å². The molecule has 102 valence electrons. The largest absolute Gasteiger partial charge is 0.477 e. The molecular weight excluding hydrogens is 290 g/mol. The summed E-state index contributed by atoms with van der Waals surface area (Å²) in [5.74, 6) is -0.576. The lowest BCUT2D eigenvalue weighted by Crippen LogP contribution is -2.24. The maximum absolute atomic E-state index is 11.9. The molecule has 2 N–H and O–H groups in total. The van der Waals surface area contributed by atoms with E-state index in [1.807, 2.05) is 0 Å². The van der Waals surface area contributed by atoms with Gasteiger partial charge in [-0.05, 0) is 6.07 Å². The highest BCUT2D eigenvalue weighted by Crippen LogP contribution is 2.19. The third kappa shape index (κ3) is 3.00. The molecule has 0 radical (unpaired) electrons. The standard InChI is InChI=1S/C10H11N3O4S2/c1-13-3-2-11-9(13)5-12-19(16,17)7-4-8(10(14)15)18-6-7/h2-4,6,12H,5H2,1H3,(H,14,15). The van der Waals surface area contributed by atoms with Crippen LogP contribution in [-0.2, 0) is 23.6 Å². The van der Waals surface area contributed by atoms with Gasteiger partial charge in [-0.2, -0.15) is 0 Å². The van der Waals surface area contributed by atoms with Gasteiger partial charge < -0.3 is 9.67 Å². The molecule has 2 aromatic heterocycles. The van der Waals surface area contributed by atoms with Crippen molar-refractivity contribution in [3.8, 4) is 0 Å². The molecule has 0 aliphatic carbocycles. The average molecular weight is 301 g/mol. The summed E-state index contributed by atoms with van der Waals surface area (Å²) in [5.41, 5.74) is 0. The van der Waals surface area contributed by atoms with E-state index in [0.717, 1.165) is 17.4 Å². The summed E-state index contributed by atoms with van der Waals surface area (Å²) in [6.07, 6.45) is 3.27. The Labute approximate surface area is 113 Å². The predicted molar refractivity (Wildman–Crippen MR) is 68.5 cm³/mol. The van der Waals surface area contributed by atoms with E-state index >= 15 is 0 Å². The number of thiophene rings is 1. The monoisotopic (exact) mass is 301 g/mol. The molecule has 0 aliphatic heterocycles. The Morgan fingerprint density at radius 1 is 1.58 bits per heavy atom. The van der Waals surface area contributed by atoms with Crippen LogP contribution in [0.25, 0.3) is 0 Å². The Bertz CT molecular complexity index is 702. The molecule has 0 spiro atoms. The number of sulfonamides is 1. The zero-order valence-corrected chi connectivity index (χ0v) is 11.5. The van der Waals surface area contributed by atoms with E-state index in [2.05, 4.69) is 9.71 Å². The van der Waals surface area contributed by atoms with Crippen LogP contribution in [0.15, 0.2) is 28.7 Å². The van der Waals surface area contributed by atoms with Gasteiger partial charge in [0.25, 0.3) is 0 Å². The predicted octanol–water partition coefficient (Wildman–Crippen LogP) is 0.658. The van der Waals surface area contributed by atoms with Crippen molar-refractivity contribution >= 4 is 27.3 Å². The zero-order chi connectivity index (χ0) is 14.0. The van der Waals surface area contributed by atoms with Gasteiger partial charge in [0.15, 0.2) is 0 Å². The SMILES string of the molecule is Cn1ccnc1CNS(=O)(=O)c1csc(C(=O)O)c1. The average Bonchev–Trinajstić information content (AvgIpc) is 2.95. The smallest absolute Gasteiger partial charge is 0.345 e. The van der Waals surface area contributed by atoms with Gasteiger partial charge in [-0.25, -0.2) is 22.9 Å². The maximum atomic E-state index is 11.9. The molecule has 2 aromatic rings. The highest BCUT2D eigenvalue weighted by molar-refractivity contribution is 7.89. The summed E-state index contributed by atoms with van der Waals surface area (Å²) >= 11 is 0.871. The molecule has 0 aliphatic rings. The van der Waals surface area contributed by atoms with Gasteiger partial charge in [-0.15, -0.1) is 11.3 Å². The van der Waals surface area contributed by atoms with Gasteiger partial charge in [0.1, 0.15) is 10.7 Å². The summed E-state index contributed by atoms with van der Waals surface area (Å²) < 4.78 is 27.9.